The molecule has 92 valence electrons. The van der Waals surface area contributed by atoms with Crippen LogP contribution in [0, 0.1) is 0 Å². The second-order valence-corrected chi connectivity index (χ2v) is 3.10. The summed E-state index contributed by atoms with van der Waals surface area (Å²) in [4.78, 5) is 11.2. The van der Waals surface area contributed by atoms with Crippen molar-refractivity contribution in [2.24, 2.45) is 10.2 Å². The van der Waals surface area contributed by atoms with Crippen LogP contribution in [0.1, 0.15) is 11.5 Å². The van der Waals surface area contributed by atoms with Gasteiger partial charge in [0.1, 0.15) is 11.5 Å². The fourth-order valence-electron chi connectivity index (χ4n) is 1.06. The maximum absolute atomic E-state index is 11.2. The molecule has 0 aliphatic heterocycles. The maximum Gasteiger partial charge on any atom is 0.355 e. The van der Waals surface area contributed by atoms with Crippen LogP contribution in [0.15, 0.2) is 55.8 Å². The molecule has 18 heavy (non-hydrogen) atoms. The fraction of sp³-hybridized carbons (Fsp3) is 0. The van der Waals surface area contributed by atoms with E-state index in [2.05, 4.69) is 21.1 Å². The van der Waals surface area contributed by atoms with Crippen molar-refractivity contribution in [3.8, 4) is 0 Å². The second kappa shape index (κ2) is 6.04. The predicted octanol–water partition coefficient (Wildman–Crippen LogP) is 1.54. The zero-order chi connectivity index (χ0) is 12.6. The summed E-state index contributed by atoms with van der Waals surface area (Å²) in [5.41, 5.74) is 4.43. The van der Waals surface area contributed by atoms with Crippen molar-refractivity contribution in [2.45, 2.75) is 0 Å². The molecule has 0 atom stereocenters. The van der Waals surface area contributed by atoms with E-state index in [1.807, 2.05) is 0 Å². The number of hydrogen-bond acceptors (Lipinski definition) is 5. The SMILES string of the molecule is O=C(NN=Cc1ccco1)NN=Cc1ccco1. The van der Waals surface area contributed by atoms with Crippen LogP contribution in [0.2, 0.25) is 0 Å². The van der Waals surface area contributed by atoms with Crippen molar-refractivity contribution in [3.05, 3.63) is 48.3 Å². The van der Waals surface area contributed by atoms with Gasteiger partial charge in [-0.1, -0.05) is 0 Å². The molecule has 2 N–H and O–H groups in total. The van der Waals surface area contributed by atoms with Crippen LogP contribution in [0.3, 0.4) is 0 Å². The summed E-state index contributed by atoms with van der Waals surface area (Å²) >= 11 is 0. The van der Waals surface area contributed by atoms with Gasteiger partial charge in [-0.25, -0.2) is 15.6 Å². The number of urea groups is 1. The molecule has 2 amide bonds. The molecule has 0 fully saturated rings. The molecule has 0 bridgehead atoms. The highest BCUT2D eigenvalue weighted by Gasteiger charge is 1.95. The third kappa shape index (κ3) is 3.63. The molecule has 0 saturated carbocycles. The molecule has 0 unspecified atom stereocenters. The molecular weight excluding hydrogens is 236 g/mol. The van der Waals surface area contributed by atoms with E-state index in [1.54, 1.807) is 24.3 Å². The number of hydrogen-bond donors (Lipinski definition) is 2. The highest BCUT2D eigenvalue weighted by molar-refractivity contribution is 5.81. The third-order valence-electron chi connectivity index (χ3n) is 1.80. The van der Waals surface area contributed by atoms with E-state index < -0.39 is 6.03 Å². The van der Waals surface area contributed by atoms with Gasteiger partial charge in [0.15, 0.2) is 0 Å². The summed E-state index contributed by atoms with van der Waals surface area (Å²) in [6, 6.07) is 6.28. The Morgan fingerprint density at radius 1 is 1.00 bits per heavy atom. The molecule has 2 heterocycles. The van der Waals surface area contributed by atoms with E-state index in [0.717, 1.165) is 0 Å². The monoisotopic (exact) mass is 246 g/mol. The highest BCUT2D eigenvalue weighted by atomic mass is 16.3. The lowest BCUT2D eigenvalue weighted by molar-refractivity contribution is 0.242. The summed E-state index contributed by atoms with van der Waals surface area (Å²) in [5, 5.41) is 7.30. The van der Waals surface area contributed by atoms with Gasteiger partial charge in [-0.15, -0.1) is 0 Å². The minimum absolute atomic E-state index is 0.536. The fourth-order valence-corrected chi connectivity index (χ4v) is 1.06. The first-order valence-corrected chi connectivity index (χ1v) is 5.04. The quantitative estimate of drug-likeness (QED) is 0.633. The molecular formula is C11H10N4O3. The third-order valence-corrected chi connectivity index (χ3v) is 1.80. The lowest BCUT2D eigenvalue weighted by Gasteiger charge is -1.95. The van der Waals surface area contributed by atoms with Gasteiger partial charge in [0, 0.05) is 0 Å². The van der Waals surface area contributed by atoms with Crippen molar-refractivity contribution >= 4 is 18.5 Å². The molecule has 0 aromatic carbocycles. The van der Waals surface area contributed by atoms with Gasteiger partial charge in [-0.2, -0.15) is 10.2 Å². The number of nitrogens with one attached hydrogen (secondary N) is 2. The van der Waals surface area contributed by atoms with E-state index >= 15 is 0 Å². The predicted molar refractivity (Wildman–Crippen MR) is 64.3 cm³/mol. The Bertz CT molecular complexity index is 480. The first kappa shape index (κ1) is 11.6. The number of hydrazone groups is 2. The summed E-state index contributed by atoms with van der Waals surface area (Å²) in [6.45, 7) is 0. The molecule has 0 aliphatic rings. The van der Waals surface area contributed by atoms with Crippen molar-refractivity contribution in [1.82, 2.24) is 10.9 Å². The molecule has 7 nitrogen and oxygen atoms in total. The Labute approximate surface area is 102 Å². The average molecular weight is 246 g/mol. The first-order valence-electron chi connectivity index (χ1n) is 5.04. The van der Waals surface area contributed by atoms with Gasteiger partial charge in [0.05, 0.1) is 25.0 Å². The minimum atomic E-state index is -0.569. The van der Waals surface area contributed by atoms with Gasteiger partial charge in [-0.05, 0) is 24.3 Å². The lowest BCUT2D eigenvalue weighted by atomic mass is 10.5. The van der Waals surface area contributed by atoms with Crippen LogP contribution in [0.5, 0.6) is 0 Å². The maximum atomic E-state index is 11.2. The summed E-state index contributed by atoms with van der Waals surface area (Å²) in [7, 11) is 0. The van der Waals surface area contributed by atoms with E-state index in [4.69, 9.17) is 8.83 Å². The van der Waals surface area contributed by atoms with E-state index in [0.29, 0.717) is 11.5 Å². The Kier molecular flexibility index (Phi) is 3.91. The van der Waals surface area contributed by atoms with Crippen molar-refractivity contribution < 1.29 is 13.6 Å². The molecule has 0 saturated heterocycles. The molecule has 2 aromatic heterocycles. The van der Waals surface area contributed by atoms with Crippen LogP contribution >= 0.6 is 0 Å². The van der Waals surface area contributed by atoms with Crippen molar-refractivity contribution in [1.29, 1.82) is 0 Å². The van der Waals surface area contributed by atoms with Crippen molar-refractivity contribution in [2.75, 3.05) is 0 Å². The number of nitrogens with zero attached hydrogens (tertiary/aromatic N) is 2. The van der Waals surface area contributed by atoms with Crippen LogP contribution < -0.4 is 10.9 Å². The summed E-state index contributed by atoms with van der Waals surface area (Å²) < 4.78 is 9.96. The van der Waals surface area contributed by atoms with Crippen LogP contribution in [-0.4, -0.2) is 18.5 Å². The van der Waals surface area contributed by atoms with Gasteiger partial charge >= 0.3 is 6.03 Å². The largest absolute Gasteiger partial charge is 0.463 e. The Hall–Kier alpha value is -2.83. The lowest BCUT2D eigenvalue weighted by Crippen LogP contribution is -2.28. The Morgan fingerprint density at radius 2 is 1.50 bits per heavy atom. The highest BCUT2D eigenvalue weighted by Crippen LogP contribution is 1.95. The van der Waals surface area contributed by atoms with Gasteiger partial charge in [-0.3, -0.25) is 0 Å². The minimum Gasteiger partial charge on any atom is -0.463 e. The zero-order valence-electron chi connectivity index (χ0n) is 9.24. The summed E-state index contributed by atoms with van der Waals surface area (Å²) in [6.07, 6.45) is 5.76. The number of carbonyl (C=O) groups excluding carboxylic acids is 1. The molecule has 0 radical (unpaired) electrons. The number of furan rings is 2. The molecule has 0 aliphatic carbocycles. The normalized spacial score (nSPS) is 11.1. The van der Waals surface area contributed by atoms with E-state index in [9.17, 15) is 4.79 Å². The van der Waals surface area contributed by atoms with Gasteiger partial charge in [0.2, 0.25) is 0 Å². The number of rotatable bonds is 4. The van der Waals surface area contributed by atoms with E-state index in [1.165, 1.54) is 25.0 Å². The molecule has 2 rings (SSSR count). The standard InChI is InChI=1S/C11H10N4O3/c16-11(14-12-7-9-3-1-5-17-9)15-13-8-10-4-2-6-18-10/h1-8H,(H2,14,15,16). The second-order valence-electron chi connectivity index (χ2n) is 3.10. The topological polar surface area (TPSA) is 92.1 Å². The van der Waals surface area contributed by atoms with Crippen LogP contribution in [0.25, 0.3) is 0 Å². The van der Waals surface area contributed by atoms with Crippen LogP contribution in [0.4, 0.5) is 4.79 Å². The van der Waals surface area contributed by atoms with E-state index in [-0.39, 0.29) is 0 Å². The Balaban J connectivity index is 1.72. The van der Waals surface area contributed by atoms with Crippen molar-refractivity contribution in [3.63, 3.8) is 0 Å². The zero-order valence-corrected chi connectivity index (χ0v) is 9.24. The van der Waals surface area contributed by atoms with Gasteiger partial charge < -0.3 is 8.83 Å². The summed E-state index contributed by atoms with van der Waals surface area (Å²) in [5.74, 6) is 1.07. The Morgan fingerprint density at radius 3 is 1.89 bits per heavy atom. The first-order chi connectivity index (χ1) is 8.84. The smallest absolute Gasteiger partial charge is 0.355 e. The molecule has 7 heteroatoms. The number of carbonyl (C=O) groups is 1. The number of amides is 2. The average Bonchev–Trinajstić information content (AvgIpc) is 3.01. The van der Waals surface area contributed by atoms with Crippen LogP contribution in [-0.2, 0) is 0 Å². The molecule has 0 spiro atoms. The molecule has 2 aromatic rings. The van der Waals surface area contributed by atoms with Gasteiger partial charge in [0.25, 0.3) is 0 Å².